The van der Waals surface area contributed by atoms with Crippen LogP contribution in [0.1, 0.15) is 11.4 Å². The van der Waals surface area contributed by atoms with Crippen molar-refractivity contribution in [2.24, 2.45) is 0 Å². The van der Waals surface area contributed by atoms with Gasteiger partial charge in [-0.15, -0.1) is 0 Å². The lowest BCUT2D eigenvalue weighted by Gasteiger charge is -1.97. The first kappa shape index (κ1) is 12.6. The van der Waals surface area contributed by atoms with Crippen LogP contribution in [0.3, 0.4) is 0 Å². The Morgan fingerprint density at radius 2 is 2.10 bits per heavy atom. The van der Waals surface area contributed by atoms with Crippen molar-refractivity contribution in [3.63, 3.8) is 0 Å². The van der Waals surface area contributed by atoms with Crippen molar-refractivity contribution in [1.29, 1.82) is 0 Å². The number of rotatable bonds is 3. The Morgan fingerprint density at radius 1 is 1.20 bits per heavy atom. The van der Waals surface area contributed by atoms with Crippen molar-refractivity contribution in [3.05, 3.63) is 59.0 Å². The van der Waals surface area contributed by atoms with Gasteiger partial charge in [-0.2, -0.15) is 4.98 Å². The molecule has 0 unspecified atom stereocenters. The van der Waals surface area contributed by atoms with Gasteiger partial charge in [0.05, 0.1) is 0 Å². The average molecular weight is 288 g/mol. The highest BCUT2D eigenvalue weighted by Gasteiger charge is 2.14. The molecule has 0 saturated carbocycles. The summed E-state index contributed by atoms with van der Waals surface area (Å²) in [5.74, 6) is 0.706. The van der Waals surface area contributed by atoms with E-state index >= 15 is 0 Å². The summed E-state index contributed by atoms with van der Waals surface area (Å²) in [5.41, 5.74) is 1.26. The number of hydrogen-bond acceptors (Lipinski definition) is 5. The maximum atomic E-state index is 9.69. The highest BCUT2D eigenvalue weighted by atomic mass is 35.5. The number of aromatic hydroxyl groups is 1. The number of halogens is 1. The van der Waals surface area contributed by atoms with Crippen LogP contribution in [0.15, 0.2) is 47.1 Å². The Labute approximate surface area is 119 Å². The third-order valence-electron chi connectivity index (χ3n) is 2.71. The van der Waals surface area contributed by atoms with Crippen molar-refractivity contribution in [1.82, 2.24) is 15.1 Å². The Hall–Kier alpha value is -2.40. The van der Waals surface area contributed by atoms with Crippen LogP contribution in [0.4, 0.5) is 0 Å². The monoisotopic (exact) mass is 287 g/mol. The van der Waals surface area contributed by atoms with Crippen molar-refractivity contribution >= 4 is 11.6 Å². The summed E-state index contributed by atoms with van der Waals surface area (Å²) in [5, 5.41) is 14.2. The Morgan fingerprint density at radius 3 is 2.90 bits per heavy atom. The summed E-state index contributed by atoms with van der Waals surface area (Å²) < 4.78 is 5.12. The first-order valence-corrected chi connectivity index (χ1v) is 6.31. The van der Waals surface area contributed by atoms with Gasteiger partial charge in [-0.1, -0.05) is 28.9 Å². The van der Waals surface area contributed by atoms with Crippen LogP contribution in [0.5, 0.6) is 5.75 Å². The second-order valence-corrected chi connectivity index (χ2v) is 4.63. The minimum Gasteiger partial charge on any atom is -0.505 e. The lowest BCUT2D eigenvalue weighted by atomic mass is 10.1. The zero-order chi connectivity index (χ0) is 13.9. The Balaban J connectivity index is 1.86. The van der Waals surface area contributed by atoms with Crippen LogP contribution in [0, 0.1) is 0 Å². The fourth-order valence-corrected chi connectivity index (χ4v) is 2.03. The van der Waals surface area contributed by atoms with Crippen molar-refractivity contribution in [2.45, 2.75) is 6.42 Å². The molecule has 1 N–H and O–H groups in total. The SMILES string of the molecule is Oc1cccnc1-c1nc(Cc2cccc(Cl)c2)no1. The second-order valence-electron chi connectivity index (χ2n) is 4.19. The number of benzene rings is 1. The zero-order valence-electron chi connectivity index (χ0n) is 10.3. The van der Waals surface area contributed by atoms with Gasteiger partial charge in [0.2, 0.25) is 0 Å². The molecule has 0 aliphatic heterocycles. The lowest BCUT2D eigenvalue weighted by molar-refractivity contribution is 0.416. The summed E-state index contributed by atoms with van der Waals surface area (Å²) in [6, 6.07) is 10.6. The summed E-state index contributed by atoms with van der Waals surface area (Å²) in [6.45, 7) is 0. The van der Waals surface area contributed by atoms with E-state index < -0.39 is 0 Å². The average Bonchev–Trinajstić information content (AvgIpc) is 2.87. The standard InChI is InChI=1S/C14H10ClN3O2/c15-10-4-1-3-9(7-10)8-12-17-14(20-18-12)13-11(19)5-2-6-16-13/h1-7,19H,8H2. The largest absolute Gasteiger partial charge is 0.505 e. The van der Waals surface area contributed by atoms with Crippen LogP contribution in [-0.2, 0) is 6.42 Å². The highest BCUT2D eigenvalue weighted by Crippen LogP contribution is 2.24. The van der Waals surface area contributed by atoms with Gasteiger partial charge in [0.15, 0.2) is 11.5 Å². The molecule has 20 heavy (non-hydrogen) atoms. The van der Waals surface area contributed by atoms with E-state index in [0.717, 1.165) is 5.56 Å². The number of hydrogen-bond donors (Lipinski definition) is 1. The minimum atomic E-state index is 0.00505. The molecule has 0 fully saturated rings. The van der Waals surface area contributed by atoms with Crippen LogP contribution in [-0.4, -0.2) is 20.2 Å². The smallest absolute Gasteiger partial charge is 0.280 e. The van der Waals surface area contributed by atoms with Crippen molar-refractivity contribution in [2.75, 3.05) is 0 Å². The molecule has 6 heteroatoms. The first-order chi connectivity index (χ1) is 9.72. The number of aromatic nitrogens is 3. The van der Waals surface area contributed by atoms with Gasteiger partial charge in [0.25, 0.3) is 5.89 Å². The molecule has 2 aromatic heterocycles. The van der Waals surface area contributed by atoms with E-state index in [-0.39, 0.29) is 17.3 Å². The summed E-state index contributed by atoms with van der Waals surface area (Å²) in [4.78, 5) is 8.24. The summed E-state index contributed by atoms with van der Waals surface area (Å²) in [7, 11) is 0. The second kappa shape index (κ2) is 5.30. The molecule has 1 aromatic carbocycles. The number of nitrogens with zero attached hydrogens (tertiary/aromatic N) is 3. The van der Waals surface area contributed by atoms with Crippen LogP contribution < -0.4 is 0 Å². The van der Waals surface area contributed by atoms with E-state index in [9.17, 15) is 5.11 Å². The fourth-order valence-electron chi connectivity index (χ4n) is 1.81. The molecule has 0 aliphatic rings. The first-order valence-electron chi connectivity index (χ1n) is 5.94. The lowest BCUT2D eigenvalue weighted by Crippen LogP contribution is -1.91. The summed E-state index contributed by atoms with van der Waals surface area (Å²) >= 11 is 5.93. The molecular weight excluding hydrogens is 278 g/mol. The van der Waals surface area contributed by atoms with Gasteiger partial charge in [-0.05, 0) is 29.8 Å². The molecule has 5 nitrogen and oxygen atoms in total. The van der Waals surface area contributed by atoms with E-state index in [1.165, 1.54) is 6.07 Å². The van der Waals surface area contributed by atoms with Crippen molar-refractivity contribution in [3.8, 4) is 17.3 Å². The predicted octanol–water partition coefficient (Wildman–Crippen LogP) is 3.08. The van der Waals surface area contributed by atoms with Crippen LogP contribution >= 0.6 is 11.6 Å². The Kier molecular flexibility index (Phi) is 3.35. The molecule has 0 bridgehead atoms. The maximum Gasteiger partial charge on any atom is 0.280 e. The van der Waals surface area contributed by atoms with E-state index in [4.69, 9.17) is 16.1 Å². The van der Waals surface area contributed by atoms with Gasteiger partial charge >= 0.3 is 0 Å². The van der Waals surface area contributed by atoms with Crippen LogP contribution in [0.25, 0.3) is 11.6 Å². The molecular formula is C14H10ClN3O2. The van der Waals surface area contributed by atoms with Gasteiger partial charge in [-0.3, -0.25) is 0 Å². The third kappa shape index (κ3) is 2.62. The van der Waals surface area contributed by atoms with Gasteiger partial charge in [0.1, 0.15) is 5.75 Å². The zero-order valence-corrected chi connectivity index (χ0v) is 11.1. The molecule has 2 heterocycles. The maximum absolute atomic E-state index is 9.69. The van der Waals surface area contributed by atoms with E-state index in [2.05, 4.69) is 15.1 Å². The Bertz CT molecular complexity index is 743. The molecule has 0 spiro atoms. The third-order valence-corrected chi connectivity index (χ3v) is 2.94. The summed E-state index contributed by atoms with van der Waals surface area (Å²) in [6.07, 6.45) is 2.05. The quantitative estimate of drug-likeness (QED) is 0.801. The predicted molar refractivity (Wildman–Crippen MR) is 73.5 cm³/mol. The highest BCUT2D eigenvalue weighted by molar-refractivity contribution is 6.30. The van der Waals surface area contributed by atoms with Crippen molar-refractivity contribution < 1.29 is 9.63 Å². The topological polar surface area (TPSA) is 72.0 Å². The molecule has 0 radical (unpaired) electrons. The van der Waals surface area contributed by atoms with E-state index in [1.54, 1.807) is 18.3 Å². The van der Waals surface area contributed by atoms with Gasteiger partial charge < -0.3 is 9.63 Å². The molecule has 100 valence electrons. The van der Waals surface area contributed by atoms with E-state index in [0.29, 0.717) is 17.3 Å². The van der Waals surface area contributed by atoms with E-state index in [1.807, 2.05) is 18.2 Å². The molecule has 0 amide bonds. The molecule has 3 aromatic rings. The minimum absolute atomic E-state index is 0.00505. The molecule has 0 atom stereocenters. The van der Waals surface area contributed by atoms with Crippen LogP contribution in [0.2, 0.25) is 5.02 Å². The molecule has 0 saturated heterocycles. The fraction of sp³-hybridized carbons (Fsp3) is 0.0714. The molecule has 3 rings (SSSR count). The van der Waals surface area contributed by atoms with Gasteiger partial charge in [0, 0.05) is 17.6 Å². The molecule has 0 aliphatic carbocycles. The normalized spacial score (nSPS) is 10.7. The number of pyridine rings is 1. The van der Waals surface area contributed by atoms with Gasteiger partial charge in [-0.25, -0.2) is 4.98 Å².